The van der Waals surface area contributed by atoms with E-state index in [2.05, 4.69) is 4.98 Å². The van der Waals surface area contributed by atoms with Crippen LogP contribution in [-0.2, 0) is 0 Å². The molecule has 0 fully saturated rings. The zero-order valence-electron chi connectivity index (χ0n) is 4.83. The molecule has 0 amide bonds. The lowest BCUT2D eigenvalue weighted by Gasteiger charge is -1.86. The largest absolute Gasteiger partial charge is 0.272 e. The molecule has 4 heteroatoms. The van der Waals surface area contributed by atoms with Gasteiger partial charge < -0.3 is 0 Å². The van der Waals surface area contributed by atoms with E-state index in [1.807, 2.05) is 6.26 Å². The van der Waals surface area contributed by atoms with Gasteiger partial charge in [0.15, 0.2) is 4.34 Å². The summed E-state index contributed by atoms with van der Waals surface area (Å²) in [7, 11) is 0. The maximum atomic E-state index is 10.5. The molecule has 48 valence electrons. The molecular weight excluding hydrogens is 154 g/mol. The minimum absolute atomic E-state index is 0.155. The van der Waals surface area contributed by atoms with Gasteiger partial charge in [0.2, 0.25) is 0 Å². The fraction of sp³-hybridized carbons (Fsp3) is 0.200. The van der Waals surface area contributed by atoms with Gasteiger partial charge in [0, 0.05) is 6.07 Å². The Morgan fingerprint density at radius 3 is 3.00 bits per heavy atom. The Bertz CT molecular complexity index is 245. The maximum Gasteiger partial charge on any atom is 0.272 e. The summed E-state index contributed by atoms with van der Waals surface area (Å²) in [6.07, 6.45) is 1.90. The summed E-state index contributed by atoms with van der Waals surface area (Å²) in [5, 5.41) is 1.75. The zero-order valence-corrected chi connectivity index (χ0v) is 6.46. The van der Waals surface area contributed by atoms with E-state index in [1.54, 1.807) is 5.38 Å². The summed E-state index contributed by atoms with van der Waals surface area (Å²) in [6, 6.07) is 1.46. The topological polar surface area (TPSA) is 30.0 Å². The number of hydrogen-bond acceptors (Lipinski definition) is 4. The van der Waals surface area contributed by atoms with Crippen molar-refractivity contribution in [2.24, 2.45) is 0 Å². The molecule has 0 aliphatic rings. The molecule has 0 spiro atoms. The first-order valence-corrected chi connectivity index (χ1v) is 4.43. The molecule has 9 heavy (non-hydrogen) atoms. The molecule has 0 saturated heterocycles. The van der Waals surface area contributed by atoms with Gasteiger partial charge >= 0.3 is 0 Å². The summed E-state index contributed by atoms with van der Waals surface area (Å²) in [5.41, 5.74) is -0.155. The molecular formula is C5H5NOS2. The smallest absolute Gasteiger partial charge is 0.267 e. The number of rotatable bonds is 1. The Kier molecular flexibility index (Phi) is 2.24. The molecule has 0 saturated carbocycles. The van der Waals surface area contributed by atoms with Gasteiger partial charge in [-0.15, -0.1) is 11.3 Å². The first-order valence-electron chi connectivity index (χ1n) is 2.33. The summed E-state index contributed by atoms with van der Waals surface area (Å²) in [6.45, 7) is 0. The SMILES string of the molecule is CSc1nc(=O)ccs1. The van der Waals surface area contributed by atoms with E-state index < -0.39 is 0 Å². The Morgan fingerprint density at radius 1 is 1.78 bits per heavy atom. The summed E-state index contributed by atoms with van der Waals surface area (Å²) in [4.78, 5) is 14.2. The van der Waals surface area contributed by atoms with E-state index in [4.69, 9.17) is 0 Å². The summed E-state index contributed by atoms with van der Waals surface area (Å²) >= 11 is 2.97. The van der Waals surface area contributed by atoms with Crippen LogP contribution < -0.4 is 5.56 Å². The molecule has 0 unspecified atom stereocenters. The molecule has 0 aliphatic carbocycles. The van der Waals surface area contributed by atoms with Crippen LogP contribution in [0.2, 0.25) is 0 Å². The third kappa shape index (κ3) is 1.80. The van der Waals surface area contributed by atoms with Crippen LogP contribution in [-0.4, -0.2) is 11.2 Å². The van der Waals surface area contributed by atoms with Gasteiger partial charge in [-0.3, -0.25) is 4.79 Å². The molecule has 2 nitrogen and oxygen atoms in total. The fourth-order valence-electron chi connectivity index (χ4n) is 0.398. The second-order valence-electron chi connectivity index (χ2n) is 1.34. The van der Waals surface area contributed by atoms with Crippen molar-refractivity contribution in [1.82, 2.24) is 4.98 Å². The highest BCUT2D eigenvalue weighted by atomic mass is 32.2. The van der Waals surface area contributed by atoms with Gasteiger partial charge in [0.1, 0.15) is 0 Å². The third-order valence-electron chi connectivity index (χ3n) is 0.756. The van der Waals surface area contributed by atoms with Crippen molar-refractivity contribution in [2.75, 3.05) is 6.26 Å². The van der Waals surface area contributed by atoms with Crippen LogP contribution in [0.3, 0.4) is 0 Å². The summed E-state index contributed by atoms with van der Waals surface area (Å²) < 4.78 is 0.822. The number of nitrogens with zero attached hydrogens (tertiary/aromatic N) is 1. The predicted octanol–water partition coefficient (Wildman–Crippen LogP) is 1.23. The second-order valence-corrected chi connectivity index (χ2v) is 3.29. The molecule has 1 heterocycles. The van der Waals surface area contributed by atoms with Gasteiger partial charge in [0.25, 0.3) is 5.56 Å². The van der Waals surface area contributed by atoms with Crippen molar-refractivity contribution in [3.8, 4) is 0 Å². The first kappa shape index (κ1) is 6.77. The van der Waals surface area contributed by atoms with Crippen molar-refractivity contribution in [3.63, 3.8) is 0 Å². The van der Waals surface area contributed by atoms with Gasteiger partial charge in [-0.1, -0.05) is 11.8 Å². The predicted molar refractivity (Wildman–Crippen MR) is 40.2 cm³/mol. The molecule has 0 aliphatic heterocycles. The Labute approximate surface area is 61.0 Å². The Balaban J connectivity index is 3.08. The third-order valence-corrected chi connectivity index (χ3v) is 2.55. The first-order chi connectivity index (χ1) is 4.33. The molecule has 1 aromatic heterocycles. The molecule has 0 radical (unpaired) electrons. The van der Waals surface area contributed by atoms with Gasteiger partial charge in [-0.2, -0.15) is 4.98 Å². The van der Waals surface area contributed by atoms with E-state index >= 15 is 0 Å². The number of thioether (sulfide) groups is 1. The van der Waals surface area contributed by atoms with Crippen molar-refractivity contribution in [2.45, 2.75) is 4.34 Å². The van der Waals surface area contributed by atoms with Gasteiger partial charge in [-0.05, 0) is 11.6 Å². The molecule has 1 aromatic rings. The molecule has 0 atom stereocenters. The lowest BCUT2D eigenvalue weighted by Crippen LogP contribution is -2.00. The standard InChI is InChI=1S/C5H5NOS2/c1-8-5-6-4(7)2-3-9-5/h2-3H,1H3. The second kappa shape index (κ2) is 2.98. The van der Waals surface area contributed by atoms with E-state index in [1.165, 1.54) is 29.2 Å². The molecule has 0 bridgehead atoms. The van der Waals surface area contributed by atoms with E-state index in [9.17, 15) is 4.79 Å². The van der Waals surface area contributed by atoms with Crippen LogP contribution in [0.1, 0.15) is 0 Å². The molecule has 1 rings (SSSR count). The Morgan fingerprint density at radius 2 is 2.56 bits per heavy atom. The van der Waals surface area contributed by atoms with Crippen LogP contribution in [0, 0.1) is 0 Å². The highest BCUT2D eigenvalue weighted by Crippen LogP contribution is 2.12. The normalized spacial score (nSPS) is 9.44. The minimum atomic E-state index is -0.155. The Hall–Kier alpha value is -0.350. The van der Waals surface area contributed by atoms with Crippen LogP contribution in [0.5, 0.6) is 0 Å². The van der Waals surface area contributed by atoms with Crippen molar-refractivity contribution in [1.29, 1.82) is 0 Å². The highest BCUT2D eigenvalue weighted by Gasteiger charge is 1.89. The van der Waals surface area contributed by atoms with Gasteiger partial charge in [0.05, 0.1) is 0 Å². The average Bonchev–Trinajstić information content (AvgIpc) is 1.88. The summed E-state index contributed by atoms with van der Waals surface area (Å²) in [5.74, 6) is 0. The number of hydrogen-bond donors (Lipinski definition) is 0. The van der Waals surface area contributed by atoms with E-state index in [0.29, 0.717) is 0 Å². The van der Waals surface area contributed by atoms with Gasteiger partial charge in [-0.25, -0.2) is 0 Å². The van der Waals surface area contributed by atoms with Crippen molar-refractivity contribution in [3.05, 3.63) is 21.8 Å². The highest BCUT2D eigenvalue weighted by molar-refractivity contribution is 8.00. The lowest BCUT2D eigenvalue weighted by molar-refractivity contribution is 1.15. The minimum Gasteiger partial charge on any atom is -0.267 e. The monoisotopic (exact) mass is 159 g/mol. The average molecular weight is 159 g/mol. The van der Waals surface area contributed by atoms with Crippen LogP contribution >= 0.6 is 23.1 Å². The van der Waals surface area contributed by atoms with Crippen LogP contribution in [0.4, 0.5) is 0 Å². The van der Waals surface area contributed by atoms with Crippen LogP contribution in [0.15, 0.2) is 20.6 Å². The van der Waals surface area contributed by atoms with Crippen LogP contribution in [0.25, 0.3) is 0 Å². The lowest BCUT2D eigenvalue weighted by atomic mass is 10.7. The van der Waals surface area contributed by atoms with E-state index in [0.717, 1.165) is 4.34 Å². The van der Waals surface area contributed by atoms with E-state index in [-0.39, 0.29) is 5.56 Å². The van der Waals surface area contributed by atoms with Crippen molar-refractivity contribution >= 4 is 23.1 Å². The quantitative estimate of drug-likeness (QED) is 0.577. The molecule has 0 aromatic carbocycles. The number of aromatic nitrogens is 1. The zero-order chi connectivity index (χ0) is 6.69. The fourth-order valence-corrected chi connectivity index (χ4v) is 1.57. The van der Waals surface area contributed by atoms with Crippen molar-refractivity contribution < 1.29 is 0 Å². The maximum absolute atomic E-state index is 10.5. The molecule has 0 N–H and O–H groups in total.